The monoisotopic (exact) mass is 372 g/mol. The van der Waals surface area contributed by atoms with Crippen LogP contribution in [0.4, 0.5) is 0 Å². The van der Waals surface area contributed by atoms with E-state index in [-0.39, 0.29) is 12.4 Å². The molecule has 4 aromatic rings. The molecule has 0 radical (unpaired) electrons. The number of aromatic nitrogens is 4. The fraction of sp³-hybridized carbons (Fsp3) is 0.143. The summed E-state index contributed by atoms with van der Waals surface area (Å²) in [4.78, 5) is 14.2. The second-order valence-corrected chi connectivity index (χ2v) is 6.53. The minimum Gasteiger partial charge on any atom is -0.389 e. The van der Waals surface area contributed by atoms with E-state index in [1.54, 1.807) is 17.1 Å². The third-order valence-electron chi connectivity index (χ3n) is 4.31. The van der Waals surface area contributed by atoms with E-state index in [4.69, 9.17) is 10.6 Å². The van der Waals surface area contributed by atoms with E-state index in [2.05, 4.69) is 20.2 Å². The van der Waals surface area contributed by atoms with E-state index in [0.29, 0.717) is 5.56 Å². The van der Waals surface area contributed by atoms with Gasteiger partial charge in [0.1, 0.15) is 6.61 Å². The summed E-state index contributed by atoms with van der Waals surface area (Å²) < 4.78 is 1.79. The zero-order valence-electron chi connectivity index (χ0n) is 15.7. The predicted octanol–water partition coefficient (Wildman–Crippen LogP) is 3.27. The lowest BCUT2D eigenvalue weighted by molar-refractivity contribution is 0.130. The topological polar surface area (TPSA) is 91.2 Å². The summed E-state index contributed by atoms with van der Waals surface area (Å²) in [6.45, 7) is 4.22. The molecule has 0 amide bonds. The van der Waals surface area contributed by atoms with Crippen LogP contribution < -0.4 is 5.73 Å². The van der Waals surface area contributed by atoms with E-state index in [1.165, 1.54) is 0 Å². The number of pyridine rings is 2. The third-order valence-corrected chi connectivity index (χ3v) is 4.31. The van der Waals surface area contributed by atoms with Crippen molar-refractivity contribution in [3.05, 3.63) is 83.4 Å². The summed E-state index contributed by atoms with van der Waals surface area (Å²) in [6.07, 6.45) is 3.43. The lowest BCUT2D eigenvalue weighted by atomic mass is 10.2. The first kappa shape index (κ1) is 17.7. The molecule has 7 heteroatoms. The van der Waals surface area contributed by atoms with E-state index >= 15 is 0 Å². The average Bonchev–Trinajstić information content (AvgIpc) is 3.06. The smallest absolute Gasteiger partial charge is 0.171 e. The maximum Gasteiger partial charge on any atom is 0.171 e. The van der Waals surface area contributed by atoms with Crippen LogP contribution in [-0.4, -0.2) is 25.6 Å². The largest absolute Gasteiger partial charge is 0.389 e. The number of fused-ring (bicyclic) bond motifs is 1. The molecule has 140 valence electrons. The number of para-hydroxylation sites is 1. The molecule has 0 saturated carbocycles. The van der Waals surface area contributed by atoms with Gasteiger partial charge in [0.2, 0.25) is 0 Å². The molecule has 3 heterocycles. The molecular weight excluding hydrogens is 352 g/mol. The fourth-order valence-corrected chi connectivity index (χ4v) is 2.95. The van der Waals surface area contributed by atoms with Crippen LogP contribution in [0.15, 0.2) is 66.1 Å². The van der Waals surface area contributed by atoms with Gasteiger partial charge in [-0.15, -0.1) is 0 Å². The first-order chi connectivity index (χ1) is 13.6. The Labute approximate surface area is 162 Å². The van der Waals surface area contributed by atoms with Gasteiger partial charge in [0, 0.05) is 34.6 Å². The number of nitrogens with two attached hydrogens (primary N) is 1. The molecule has 0 aliphatic rings. The van der Waals surface area contributed by atoms with Gasteiger partial charge in [-0.3, -0.25) is 4.98 Å². The van der Waals surface area contributed by atoms with Crippen LogP contribution in [0.25, 0.3) is 16.7 Å². The average molecular weight is 372 g/mol. The summed E-state index contributed by atoms with van der Waals surface area (Å²) >= 11 is 0. The number of hydrogen-bond donors (Lipinski definition) is 1. The number of nitrogens with zero attached hydrogens (tertiary/aromatic N) is 5. The molecule has 0 unspecified atom stereocenters. The number of amidine groups is 1. The van der Waals surface area contributed by atoms with Crippen molar-refractivity contribution in [1.82, 2.24) is 19.7 Å². The quantitative estimate of drug-likeness (QED) is 0.330. The Morgan fingerprint density at radius 1 is 1.07 bits per heavy atom. The van der Waals surface area contributed by atoms with Gasteiger partial charge in [0.15, 0.2) is 11.7 Å². The van der Waals surface area contributed by atoms with Crippen molar-refractivity contribution in [2.75, 3.05) is 0 Å². The molecule has 28 heavy (non-hydrogen) atoms. The summed E-state index contributed by atoms with van der Waals surface area (Å²) in [7, 11) is 0. The fourth-order valence-electron chi connectivity index (χ4n) is 2.95. The van der Waals surface area contributed by atoms with Crippen LogP contribution in [0.3, 0.4) is 0 Å². The Morgan fingerprint density at radius 2 is 1.93 bits per heavy atom. The van der Waals surface area contributed by atoms with Gasteiger partial charge < -0.3 is 10.6 Å². The molecule has 7 nitrogen and oxygen atoms in total. The number of benzene rings is 1. The molecule has 0 aliphatic carbocycles. The third kappa shape index (κ3) is 3.68. The molecule has 4 rings (SSSR count). The second-order valence-electron chi connectivity index (χ2n) is 6.53. The Morgan fingerprint density at radius 3 is 2.68 bits per heavy atom. The molecule has 0 atom stereocenters. The molecule has 0 saturated heterocycles. The van der Waals surface area contributed by atoms with Gasteiger partial charge in [-0.25, -0.2) is 9.67 Å². The van der Waals surface area contributed by atoms with Crippen LogP contribution in [-0.2, 0) is 11.4 Å². The molecule has 3 aromatic heterocycles. The van der Waals surface area contributed by atoms with E-state index in [9.17, 15) is 0 Å². The Hall–Kier alpha value is -3.74. The van der Waals surface area contributed by atoms with Crippen LogP contribution in [0, 0.1) is 13.8 Å². The second kappa shape index (κ2) is 7.48. The maximum atomic E-state index is 6.02. The highest BCUT2D eigenvalue weighted by Gasteiger charge is 2.06. The summed E-state index contributed by atoms with van der Waals surface area (Å²) in [5, 5.41) is 9.48. The van der Waals surface area contributed by atoms with E-state index in [1.807, 2.05) is 62.4 Å². The highest BCUT2D eigenvalue weighted by molar-refractivity contribution is 5.96. The number of oxime groups is 1. The van der Waals surface area contributed by atoms with Crippen molar-refractivity contribution < 1.29 is 4.84 Å². The number of rotatable bonds is 5. The molecule has 2 N–H and O–H groups in total. The number of hydrogen-bond acceptors (Lipinski definition) is 5. The minimum absolute atomic E-state index is 0.265. The van der Waals surface area contributed by atoms with Gasteiger partial charge >= 0.3 is 0 Å². The van der Waals surface area contributed by atoms with E-state index in [0.717, 1.165) is 33.7 Å². The van der Waals surface area contributed by atoms with Gasteiger partial charge in [-0.1, -0.05) is 23.4 Å². The first-order valence-electron chi connectivity index (χ1n) is 8.89. The zero-order chi connectivity index (χ0) is 19.5. The van der Waals surface area contributed by atoms with Crippen molar-refractivity contribution in [3.8, 4) is 5.82 Å². The Kier molecular flexibility index (Phi) is 4.72. The first-order valence-corrected chi connectivity index (χ1v) is 8.89. The van der Waals surface area contributed by atoms with E-state index < -0.39 is 0 Å². The number of aryl methyl sites for hydroxylation is 2. The summed E-state index contributed by atoms with van der Waals surface area (Å²) in [5.41, 5.74) is 10.5. The zero-order valence-corrected chi connectivity index (χ0v) is 15.7. The highest BCUT2D eigenvalue weighted by Crippen LogP contribution is 2.14. The SMILES string of the molecule is Cc1cc(C)n(-c2ccc(C(N)=NOCc3cnc4ccccc4c3)cn2)n1. The molecule has 0 fully saturated rings. The van der Waals surface area contributed by atoms with Crippen molar-refractivity contribution in [2.45, 2.75) is 20.5 Å². The van der Waals surface area contributed by atoms with Crippen molar-refractivity contribution in [3.63, 3.8) is 0 Å². The van der Waals surface area contributed by atoms with Crippen LogP contribution in [0.2, 0.25) is 0 Å². The van der Waals surface area contributed by atoms with Crippen LogP contribution in [0.1, 0.15) is 22.5 Å². The highest BCUT2D eigenvalue weighted by atomic mass is 16.6. The molecule has 0 aliphatic heterocycles. The predicted molar refractivity (Wildman–Crippen MR) is 108 cm³/mol. The molecule has 1 aromatic carbocycles. The van der Waals surface area contributed by atoms with Gasteiger partial charge in [0.05, 0.1) is 11.2 Å². The van der Waals surface area contributed by atoms with Gasteiger partial charge in [-0.05, 0) is 44.2 Å². The molecule has 0 spiro atoms. The van der Waals surface area contributed by atoms with Crippen LogP contribution in [0.5, 0.6) is 0 Å². The Balaban J connectivity index is 1.44. The lowest BCUT2D eigenvalue weighted by Crippen LogP contribution is -2.15. The van der Waals surface area contributed by atoms with Crippen molar-refractivity contribution in [2.24, 2.45) is 10.9 Å². The molecular formula is C21H20N6O. The summed E-state index contributed by atoms with van der Waals surface area (Å²) in [5.74, 6) is 0.992. The minimum atomic E-state index is 0.265. The van der Waals surface area contributed by atoms with Crippen molar-refractivity contribution in [1.29, 1.82) is 0 Å². The van der Waals surface area contributed by atoms with Gasteiger partial charge in [0.25, 0.3) is 0 Å². The lowest BCUT2D eigenvalue weighted by Gasteiger charge is -2.06. The maximum absolute atomic E-state index is 6.02. The Bertz CT molecular complexity index is 1150. The van der Waals surface area contributed by atoms with Crippen molar-refractivity contribution >= 4 is 16.7 Å². The standard InChI is InChI=1S/C21H20N6O/c1-14-9-15(2)27(25-14)20-8-7-18(12-24-20)21(22)26-28-13-16-10-17-5-3-4-6-19(17)23-11-16/h3-12H,13H2,1-2H3,(H2,22,26). The normalized spacial score (nSPS) is 11.7. The van der Waals surface area contributed by atoms with Gasteiger partial charge in [-0.2, -0.15) is 5.10 Å². The van der Waals surface area contributed by atoms with Crippen LogP contribution >= 0.6 is 0 Å². The molecule has 0 bridgehead atoms. The summed E-state index contributed by atoms with van der Waals surface area (Å²) in [6, 6.07) is 15.7.